The van der Waals surface area contributed by atoms with Gasteiger partial charge in [0.05, 0.1) is 12.2 Å². The fraction of sp³-hybridized carbons (Fsp3) is 0.357. The quantitative estimate of drug-likeness (QED) is 0.605. The number of carbonyl (C=O) groups excluding carboxylic acids is 2. The smallest absolute Gasteiger partial charge is 0.338 e. The van der Waals surface area contributed by atoms with Gasteiger partial charge in [-0.1, -0.05) is 11.8 Å². The minimum atomic E-state index is -0.376. The number of rotatable bonds is 7. The summed E-state index contributed by atoms with van der Waals surface area (Å²) in [6.07, 6.45) is 0.331. The summed E-state index contributed by atoms with van der Waals surface area (Å²) in [5.41, 5.74) is 1.09. The topological polar surface area (TPSA) is 99.0 Å². The Balaban J connectivity index is 1.78. The lowest BCUT2D eigenvalue weighted by molar-refractivity contribution is -0.115. The van der Waals surface area contributed by atoms with Gasteiger partial charge in [0, 0.05) is 24.9 Å². The van der Waals surface area contributed by atoms with E-state index in [1.165, 1.54) is 11.8 Å². The molecule has 0 saturated carbocycles. The van der Waals surface area contributed by atoms with Crippen molar-refractivity contribution in [2.45, 2.75) is 18.5 Å². The molecule has 0 aliphatic rings. The summed E-state index contributed by atoms with van der Waals surface area (Å²) in [7, 11) is 1.74. The van der Waals surface area contributed by atoms with Gasteiger partial charge in [-0.2, -0.15) is 0 Å². The first-order valence-electron chi connectivity index (χ1n) is 7.02. The number of aryl methyl sites for hydroxylation is 1. The number of aromatic nitrogens is 4. The molecular weight excluding hydrogens is 318 g/mol. The second-order valence-electron chi connectivity index (χ2n) is 4.53. The number of hydrogen-bond acceptors (Lipinski definition) is 7. The lowest BCUT2D eigenvalue weighted by Crippen LogP contribution is -2.12. The summed E-state index contributed by atoms with van der Waals surface area (Å²) in [5, 5.41) is 14.5. The minimum absolute atomic E-state index is 0.114. The van der Waals surface area contributed by atoms with Crippen LogP contribution in [0, 0.1) is 0 Å². The van der Waals surface area contributed by atoms with E-state index in [0.29, 0.717) is 35.2 Å². The highest BCUT2D eigenvalue weighted by Gasteiger charge is 2.08. The van der Waals surface area contributed by atoms with Crippen molar-refractivity contribution in [3.8, 4) is 0 Å². The van der Waals surface area contributed by atoms with Crippen molar-refractivity contribution >= 4 is 29.3 Å². The van der Waals surface area contributed by atoms with E-state index in [0.717, 1.165) is 0 Å². The van der Waals surface area contributed by atoms with Crippen LogP contribution < -0.4 is 5.32 Å². The van der Waals surface area contributed by atoms with Gasteiger partial charge >= 0.3 is 5.97 Å². The van der Waals surface area contributed by atoms with Crippen molar-refractivity contribution in [3.05, 3.63) is 29.8 Å². The molecule has 9 heteroatoms. The van der Waals surface area contributed by atoms with Crippen LogP contribution >= 0.6 is 11.8 Å². The van der Waals surface area contributed by atoms with Crippen LogP contribution in [0.3, 0.4) is 0 Å². The van der Waals surface area contributed by atoms with E-state index in [1.54, 1.807) is 42.9 Å². The van der Waals surface area contributed by atoms with Crippen LogP contribution in [0.5, 0.6) is 0 Å². The molecule has 23 heavy (non-hydrogen) atoms. The van der Waals surface area contributed by atoms with Gasteiger partial charge in [0.25, 0.3) is 0 Å². The first-order chi connectivity index (χ1) is 11.1. The third-order valence-corrected chi connectivity index (χ3v) is 3.83. The summed E-state index contributed by atoms with van der Waals surface area (Å²) >= 11 is 1.41. The van der Waals surface area contributed by atoms with Crippen molar-refractivity contribution in [3.63, 3.8) is 0 Å². The number of nitrogens with zero attached hydrogens (tertiary/aromatic N) is 4. The SMILES string of the molecule is CCOC(=O)c1ccc(NC(=O)CCSc2nnnn2C)cc1. The Kier molecular flexibility index (Phi) is 6.10. The lowest BCUT2D eigenvalue weighted by Gasteiger charge is -2.06. The zero-order valence-corrected chi connectivity index (χ0v) is 13.7. The van der Waals surface area contributed by atoms with Crippen LogP contribution in [0.25, 0.3) is 0 Å². The number of anilines is 1. The molecule has 0 fully saturated rings. The van der Waals surface area contributed by atoms with Crippen molar-refractivity contribution < 1.29 is 14.3 Å². The Hall–Kier alpha value is -2.42. The van der Waals surface area contributed by atoms with Gasteiger partial charge in [0.15, 0.2) is 0 Å². The summed E-state index contributed by atoms with van der Waals surface area (Å²) in [6.45, 7) is 2.08. The molecule has 8 nitrogen and oxygen atoms in total. The van der Waals surface area contributed by atoms with E-state index in [1.807, 2.05) is 0 Å². The van der Waals surface area contributed by atoms with Crippen LogP contribution in [0.4, 0.5) is 5.69 Å². The summed E-state index contributed by atoms with van der Waals surface area (Å²) in [4.78, 5) is 23.4. The van der Waals surface area contributed by atoms with E-state index >= 15 is 0 Å². The first kappa shape index (κ1) is 16.9. The van der Waals surface area contributed by atoms with Gasteiger partial charge in [-0.3, -0.25) is 4.79 Å². The first-order valence-corrected chi connectivity index (χ1v) is 8.01. The van der Waals surface area contributed by atoms with Gasteiger partial charge in [-0.05, 0) is 41.6 Å². The summed E-state index contributed by atoms with van der Waals surface area (Å²) < 4.78 is 6.45. The van der Waals surface area contributed by atoms with Gasteiger partial charge < -0.3 is 10.1 Å². The van der Waals surface area contributed by atoms with Crippen LogP contribution in [0.1, 0.15) is 23.7 Å². The molecule has 0 spiro atoms. The van der Waals surface area contributed by atoms with E-state index < -0.39 is 0 Å². The maximum absolute atomic E-state index is 11.9. The predicted octanol–water partition coefficient (Wildman–Crippen LogP) is 1.51. The second kappa shape index (κ2) is 8.28. The predicted molar refractivity (Wildman–Crippen MR) is 85.2 cm³/mol. The molecule has 1 N–H and O–H groups in total. The fourth-order valence-corrected chi connectivity index (χ4v) is 2.49. The Morgan fingerprint density at radius 1 is 1.30 bits per heavy atom. The van der Waals surface area contributed by atoms with Gasteiger partial charge in [-0.15, -0.1) is 5.10 Å². The van der Waals surface area contributed by atoms with Crippen LogP contribution in [0.15, 0.2) is 29.4 Å². The Morgan fingerprint density at radius 3 is 2.65 bits per heavy atom. The maximum Gasteiger partial charge on any atom is 0.338 e. The Bertz CT molecular complexity index is 671. The molecular formula is C14H17N5O3S. The highest BCUT2D eigenvalue weighted by Crippen LogP contribution is 2.15. The molecule has 1 amide bonds. The molecule has 2 aromatic rings. The molecule has 1 aromatic heterocycles. The largest absolute Gasteiger partial charge is 0.462 e. The lowest BCUT2D eigenvalue weighted by atomic mass is 10.2. The molecule has 0 atom stereocenters. The van der Waals surface area contributed by atoms with E-state index in [9.17, 15) is 9.59 Å². The van der Waals surface area contributed by atoms with Crippen molar-refractivity contribution in [1.29, 1.82) is 0 Å². The summed E-state index contributed by atoms with van der Waals surface area (Å²) in [6, 6.07) is 6.58. The van der Waals surface area contributed by atoms with Crippen LogP contribution in [0.2, 0.25) is 0 Å². The van der Waals surface area contributed by atoms with Gasteiger partial charge in [-0.25, -0.2) is 9.48 Å². The number of esters is 1. The standard InChI is InChI=1S/C14H17N5O3S/c1-3-22-13(21)10-4-6-11(7-5-10)15-12(20)8-9-23-14-16-17-18-19(14)2/h4-7H,3,8-9H2,1-2H3,(H,15,20). The zero-order chi connectivity index (χ0) is 16.7. The molecule has 2 rings (SSSR count). The average Bonchev–Trinajstić information content (AvgIpc) is 2.93. The number of benzene rings is 1. The number of ether oxygens (including phenoxy) is 1. The monoisotopic (exact) mass is 335 g/mol. The molecule has 0 unspecified atom stereocenters. The second-order valence-corrected chi connectivity index (χ2v) is 5.59. The summed E-state index contributed by atoms with van der Waals surface area (Å²) in [5.74, 6) is 0.0802. The minimum Gasteiger partial charge on any atom is -0.462 e. The van der Waals surface area contributed by atoms with Gasteiger partial charge in [0.1, 0.15) is 0 Å². The van der Waals surface area contributed by atoms with E-state index in [2.05, 4.69) is 20.8 Å². The zero-order valence-electron chi connectivity index (χ0n) is 12.9. The normalized spacial score (nSPS) is 10.3. The number of thioether (sulfide) groups is 1. The molecule has 0 aliphatic heterocycles. The van der Waals surface area contributed by atoms with E-state index in [4.69, 9.17) is 4.74 Å². The van der Waals surface area contributed by atoms with Crippen LogP contribution in [-0.4, -0.2) is 44.4 Å². The van der Waals surface area contributed by atoms with E-state index in [-0.39, 0.29) is 11.9 Å². The number of tetrazole rings is 1. The molecule has 0 aliphatic carbocycles. The Labute approximate surface area is 137 Å². The molecule has 1 aromatic carbocycles. The van der Waals surface area contributed by atoms with Crippen molar-refractivity contribution in [1.82, 2.24) is 20.2 Å². The fourth-order valence-electron chi connectivity index (χ4n) is 1.71. The van der Waals surface area contributed by atoms with Gasteiger partial charge in [0.2, 0.25) is 11.1 Å². The Morgan fingerprint density at radius 2 is 2.04 bits per heavy atom. The highest BCUT2D eigenvalue weighted by molar-refractivity contribution is 7.99. The number of hydrogen-bond donors (Lipinski definition) is 1. The number of nitrogens with one attached hydrogen (secondary N) is 1. The molecule has 1 heterocycles. The van der Waals surface area contributed by atoms with Crippen LogP contribution in [-0.2, 0) is 16.6 Å². The third kappa shape index (κ3) is 5.06. The molecule has 0 saturated heterocycles. The highest BCUT2D eigenvalue weighted by atomic mass is 32.2. The average molecular weight is 335 g/mol. The number of amides is 1. The molecule has 0 bridgehead atoms. The van der Waals surface area contributed by atoms with Crippen molar-refractivity contribution in [2.75, 3.05) is 17.7 Å². The maximum atomic E-state index is 11.9. The van der Waals surface area contributed by atoms with Crippen molar-refractivity contribution in [2.24, 2.45) is 7.05 Å². The molecule has 0 radical (unpaired) electrons. The molecule has 122 valence electrons. The third-order valence-electron chi connectivity index (χ3n) is 2.82. The number of carbonyl (C=O) groups is 2.